The first-order chi connectivity index (χ1) is 14.1. The predicted octanol–water partition coefficient (Wildman–Crippen LogP) is 2.94. The molecule has 3 amide bonds. The molecule has 2 N–H and O–H groups in total. The minimum absolute atomic E-state index is 0.00518. The van der Waals surface area contributed by atoms with E-state index in [1.54, 1.807) is 31.9 Å². The van der Waals surface area contributed by atoms with Gasteiger partial charge in [-0.15, -0.1) is 0 Å². The number of carbonyl (C=O) groups is 3. The fourth-order valence-electron chi connectivity index (χ4n) is 3.69. The van der Waals surface area contributed by atoms with Crippen LogP contribution < -0.4 is 15.5 Å². The van der Waals surface area contributed by atoms with Gasteiger partial charge in [0, 0.05) is 5.69 Å². The van der Waals surface area contributed by atoms with Gasteiger partial charge in [-0.1, -0.05) is 30.3 Å². The number of aryl methyl sites for hydroxylation is 2. The van der Waals surface area contributed by atoms with Crippen LogP contribution in [0.5, 0.6) is 0 Å². The number of fused-ring (bicyclic) bond motifs is 1. The van der Waals surface area contributed by atoms with Crippen LogP contribution in [0.15, 0.2) is 42.5 Å². The molecule has 0 unspecified atom stereocenters. The highest BCUT2D eigenvalue weighted by Crippen LogP contribution is 2.36. The minimum atomic E-state index is -1.03. The molecule has 0 atom stereocenters. The quantitative estimate of drug-likeness (QED) is 0.797. The lowest BCUT2D eigenvalue weighted by Crippen LogP contribution is -2.60. The summed E-state index contributed by atoms with van der Waals surface area (Å²) in [6.07, 6.45) is 0. The lowest BCUT2D eigenvalue weighted by atomic mass is 9.96. The third-order valence-electron chi connectivity index (χ3n) is 5.32. The summed E-state index contributed by atoms with van der Waals surface area (Å²) in [4.78, 5) is 41.4. The maximum absolute atomic E-state index is 13.2. The number of likely N-dealkylation sites (N-methyl/N-ethyl adjacent to an activating group) is 1. The Morgan fingerprint density at radius 1 is 1.03 bits per heavy atom. The molecule has 158 valence electrons. The molecule has 2 aromatic rings. The monoisotopic (exact) mass is 408 g/mol. The summed E-state index contributed by atoms with van der Waals surface area (Å²) in [7, 11) is 1.71. The Morgan fingerprint density at radius 3 is 2.33 bits per heavy atom. The highest BCUT2D eigenvalue weighted by atomic mass is 16.2. The van der Waals surface area contributed by atoms with Crippen LogP contribution in [0.4, 0.5) is 17.1 Å². The van der Waals surface area contributed by atoms with Crippen LogP contribution in [-0.2, 0) is 14.4 Å². The maximum Gasteiger partial charge on any atom is 0.250 e. The van der Waals surface area contributed by atoms with Gasteiger partial charge in [-0.05, 0) is 58.0 Å². The zero-order valence-electron chi connectivity index (χ0n) is 18.1. The van der Waals surface area contributed by atoms with Crippen LogP contribution in [-0.4, -0.2) is 48.3 Å². The van der Waals surface area contributed by atoms with Gasteiger partial charge in [0.1, 0.15) is 5.54 Å². The van der Waals surface area contributed by atoms with Gasteiger partial charge in [-0.25, -0.2) is 0 Å². The van der Waals surface area contributed by atoms with Crippen LogP contribution >= 0.6 is 0 Å². The molecule has 30 heavy (non-hydrogen) atoms. The van der Waals surface area contributed by atoms with Crippen molar-refractivity contribution in [3.05, 3.63) is 53.6 Å². The molecule has 1 aliphatic rings. The van der Waals surface area contributed by atoms with Crippen molar-refractivity contribution >= 4 is 34.8 Å². The van der Waals surface area contributed by atoms with E-state index in [4.69, 9.17) is 0 Å². The van der Waals surface area contributed by atoms with E-state index in [1.807, 2.05) is 50.2 Å². The fraction of sp³-hybridized carbons (Fsp3) is 0.348. The Bertz CT molecular complexity index is 979. The largest absolute Gasteiger partial charge is 0.324 e. The van der Waals surface area contributed by atoms with Crippen LogP contribution in [0, 0.1) is 13.8 Å². The SMILES string of the molecule is Cc1cccc(C)c1NC(=O)CN(C)CC(=O)N1c2ccccc2NC(=O)C1(C)C. The van der Waals surface area contributed by atoms with Gasteiger partial charge in [0.25, 0.3) is 0 Å². The number of anilines is 3. The molecular weight excluding hydrogens is 380 g/mol. The Kier molecular flexibility index (Phi) is 5.94. The standard InChI is InChI=1S/C23H28N4O3/c1-15-9-8-10-16(2)21(15)25-19(28)13-26(5)14-20(29)27-18-12-7-6-11-17(18)24-22(30)23(27,3)4/h6-12H,13-14H2,1-5H3,(H,24,30)(H,25,28). The maximum atomic E-state index is 13.2. The number of benzene rings is 2. The van der Waals surface area contributed by atoms with Crippen molar-refractivity contribution in [1.29, 1.82) is 0 Å². The average Bonchev–Trinajstić information content (AvgIpc) is 2.65. The highest BCUT2D eigenvalue weighted by molar-refractivity contribution is 6.14. The van der Waals surface area contributed by atoms with Crippen molar-refractivity contribution in [2.24, 2.45) is 0 Å². The molecule has 0 bridgehead atoms. The number of nitrogens with zero attached hydrogens (tertiary/aromatic N) is 2. The first kappa shape index (κ1) is 21.5. The second kappa shape index (κ2) is 8.28. The molecule has 0 saturated carbocycles. The van der Waals surface area contributed by atoms with E-state index in [1.165, 1.54) is 4.90 Å². The van der Waals surface area contributed by atoms with Crippen molar-refractivity contribution in [3.8, 4) is 0 Å². The molecule has 3 rings (SSSR count). The molecule has 1 heterocycles. The number of hydrogen-bond acceptors (Lipinski definition) is 4. The Morgan fingerprint density at radius 2 is 1.67 bits per heavy atom. The van der Waals surface area contributed by atoms with Gasteiger partial charge in [0.15, 0.2) is 0 Å². The van der Waals surface area contributed by atoms with E-state index in [-0.39, 0.29) is 30.8 Å². The summed E-state index contributed by atoms with van der Waals surface area (Å²) in [5, 5.41) is 5.78. The molecule has 0 aromatic heterocycles. The van der Waals surface area contributed by atoms with E-state index < -0.39 is 5.54 Å². The number of nitrogens with one attached hydrogen (secondary N) is 2. The van der Waals surface area contributed by atoms with Gasteiger partial charge < -0.3 is 10.6 Å². The number of para-hydroxylation sites is 3. The van der Waals surface area contributed by atoms with E-state index in [0.717, 1.165) is 16.8 Å². The summed E-state index contributed by atoms with van der Waals surface area (Å²) in [6, 6.07) is 13.0. The zero-order chi connectivity index (χ0) is 22.1. The Hall–Kier alpha value is -3.19. The summed E-state index contributed by atoms with van der Waals surface area (Å²) in [6.45, 7) is 7.37. The second-order valence-electron chi connectivity index (χ2n) is 8.25. The van der Waals surface area contributed by atoms with Crippen molar-refractivity contribution in [2.75, 3.05) is 35.7 Å². The Balaban J connectivity index is 1.71. The van der Waals surface area contributed by atoms with E-state index in [0.29, 0.717) is 11.4 Å². The second-order valence-corrected chi connectivity index (χ2v) is 8.25. The summed E-state index contributed by atoms with van der Waals surface area (Å²) < 4.78 is 0. The molecule has 0 radical (unpaired) electrons. The van der Waals surface area contributed by atoms with E-state index in [9.17, 15) is 14.4 Å². The third kappa shape index (κ3) is 4.21. The van der Waals surface area contributed by atoms with Gasteiger partial charge in [0.05, 0.1) is 24.5 Å². The van der Waals surface area contributed by atoms with Crippen LogP contribution in [0.25, 0.3) is 0 Å². The predicted molar refractivity (Wildman–Crippen MR) is 119 cm³/mol. The number of hydrogen-bond donors (Lipinski definition) is 2. The van der Waals surface area contributed by atoms with Crippen molar-refractivity contribution in [2.45, 2.75) is 33.2 Å². The summed E-state index contributed by atoms with van der Waals surface area (Å²) in [5.74, 6) is -0.687. The fourth-order valence-corrected chi connectivity index (χ4v) is 3.69. The number of rotatable bonds is 5. The van der Waals surface area contributed by atoms with Gasteiger partial charge in [-0.2, -0.15) is 0 Å². The van der Waals surface area contributed by atoms with Crippen molar-refractivity contribution in [3.63, 3.8) is 0 Å². The summed E-state index contributed by atoms with van der Waals surface area (Å²) in [5.41, 5.74) is 2.99. The van der Waals surface area contributed by atoms with Gasteiger partial charge >= 0.3 is 0 Å². The van der Waals surface area contributed by atoms with E-state index >= 15 is 0 Å². The number of carbonyl (C=O) groups excluding carboxylic acids is 3. The molecule has 2 aromatic carbocycles. The summed E-state index contributed by atoms with van der Waals surface area (Å²) >= 11 is 0. The molecule has 1 aliphatic heterocycles. The van der Waals surface area contributed by atoms with Crippen molar-refractivity contribution < 1.29 is 14.4 Å². The van der Waals surface area contributed by atoms with Gasteiger partial charge in [-0.3, -0.25) is 24.2 Å². The Labute approximate surface area is 177 Å². The van der Waals surface area contributed by atoms with Crippen LogP contribution in [0.3, 0.4) is 0 Å². The topological polar surface area (TPSA) is 81.8 Å². The first-order valence-corrected chi connectivity index (χ1v) is 9.89. The lowest BCUT2D eigenvalue weighted by Gasteiger charge is -2.42. The van der Waals surface area contributed by atoms with Crippen LogP contribution in [0.2, 0.25) is 0 Å². The van der Waals surface area contributed by atoms with E-state index in [2.05, 4.69) is 10.6 Å². The average molecular weight is 409 g/mol. The van der Waals surface area contributed by atoms with Crippen LogP contribution in [0.1, 0.15) is 25.0 Å². The molecule has 0 saturated heterocycles. The van der Waals surface area contributed by atoms with Gasteiger partial charge in [0.2, 0.25) is 17.7 Å². The normalized spacial score (nSPS) is 14.9. The number of amides is 3. The zero-order valence-corrected chi connectivity index (χ0v) is 18.1. The first-order valence-electron chi connectivity index (χ1n) is 9.89. The van der Waals surface area contributed by atoms with Crippen molar-refractivity contribution in [1.82, 2.24) is 4.90 Å². The molecule has 0 spiro atoms. The third-order valence-corrected chi connectivity index (χ3v) is 5.32. The molecule has 0 fully saturated rings. The lowest BCUT2D eigenvalue weighted by molar-refractivity contribution is -0.127. The smallest absolute Gasteiger partial charge is 0.250 e. The minimum Gasteiger partial charge on any atom is -0.324 e. The molecule has 0 aliphatic carbocycles. The highest BCUT2D eigenvalue weighted by Gasteiger charge is 2.43. The molecular formula is C23H28N4O3. The molecule has 7 nitrogen and oxygen atoms in total. The molecule has 7 heteroatoms.